The lowest BCUT2D eigenvalue weighted by molar-refractivity contribution is -0.279. The minimum atomic E-state index is -2.04. The molecule has 4 aliphatic rings. The van der Waals surface area contributed by atoms with E-state index in [9.17, 15) is 34.5 Å². The molecule has 0 amide bonds. The fourth-order valence-electron chi connectivity index (χ4n) is 7.77. The Bertz CT molecular complexity index is 1140. The van der Waals surface area contributed by atoms with Crippen LogP contribution in [0.4, 0.5) is 0 Å². The summed E-state index contributed by atoms with van der Waals surface area (Å²) in [6.07, 6.45) is -8.14. The zero-order chi connectivity index (χ0) is 30.2. The Morgan fingerprint density at radius 3 is 1.88 bits per heavy atom. The highest BCUT2D eigenvalue weighted by molar-refractivity contribution is 5.69. The van der Waals surface area contributed by atoms with Gasteiger partial charge in [0.05, 0.1) is 18.8 Å². The number of rotatable bonds is 4. The Kier molecular flexibility index (Phi) is 7.44. The summed E-state index contributed by atoms with van der Waals surface area (Å²) >= 11 is 0. The summed E-state index contributed by atoms with van der Waals surface area (Å²) in [5, 5.41) is 36.5. The summed E-state index contributed by atoms with van der Waals surface area (Å²) in [5.74, 6) is -3.92. The lowest BCUT2D eigenvalue weighted by Gasteiger charge is -2.64. The van der Waals surface area contributed by atoms with Gasteiger partial charge in [-0.3, -0.25) is 19.2 Å². The number of esters is 4. The van der Waals surface area contributed by atoms with Crippen LogP contribution in [-0.2, 0) is 42.9 Å². The number of hydrogen-bond acceptors (Lipinski definition) is 12. The second kappa shape index (κ2) is 9.78. The van der Waals surface area contributed by atoms with Gasteiger partial charge in [-0.15, -0.1) is 0 Å². The molecule has 0 aromatic carbocycles. The first-order valence-electron chi connectivity index (χ1n) is 13.5. The van der Waals surface area contributed by atoms with Crippen molar-refractivity contribution >= 4 is 23.9 Å². The fourth-order valence-corrected chi connectivity index (χ4v) is 7.77. The van der Waals surface area contributed by atoms with E-state index in [1.807, 2.05) is 0 Å². The van der Waals surface area contributed by atoms with Crippen molar-refractivity contribution in [3.63, 3.8) is 0 Å². The van der Waals surface area contributed by atoms with Gasteiger partial charge in [0.15, 0.2) is 12.2 Å². The SMILES string of the molecule is CC(=O)O[C@H]1C[C@@]2(O)[C@@H](O)[C@@H]3[C@@]4(CO4)[C@@H](OC(C)=O)C[C@H](O)[C@@]3(C)[C@@H](OC(C)=O)[C@H](OC(C)=O)C(=C1C)C2(C)C. The molecule has 12 nitrogen and oxygen atoms in total. The van der Waals surface area contributed by atoms with Gasteiger partial charge in [0.2, 0.25) is 0 Å². The van der Waals surface area contributed by atoms with E-state index in [4.69, 9.17) is 23.7 Å². The minimum Gasteiger partial charge on any atom is -0.459 e. The number of aliphatic hydroxyl groups is 3. The Morgan fingerprint density at radius 2 is 1.40 bits per heavy atom. The predicted octanol–water partition coefficient (Wildman–Crippen LogP) is 0.721. The average molecular weight is 569 g/mol. The third kappa shape index (κ3) is 4.34. The van der Waals surface area contributed by atoms with E-state index in [0.29, 0.717) is 11.1 Å². The van der Waals surface area contributed by atoms with Crippen molar-refractivity contribution in [1.82, 2.24) is 0 Å². The third-order valence-electron chi connectivity index (χ3n) is 9.71. The van der Waals surface area contributed by atoms with Crippen molar-refractivity contribution in [2.45, 2.75) is 116 Å². The minimum absolute atomic E-state index is 0.0195. The zero-order valence-electron chi connectivity index (χ0n) is 24.2. The van der Waals surface area contributed by atoms with Gasteiger partial charge in [-0.2, -0.15) is 0 Å². The van der Waals surface area contributed by atoms with Gasteiger partial charge in [-0.1, -0.05) is 20.8 Å². The summed E-state index contributed by atoms with van der Waals surface area (Å²) in [7, 11) is 0. The summed E-state index contributed by atoms with van der Waals surface area (Å²) in [6, 6.07) is 0. The first-order valence-corrected chi connectivity index (χ1v) is 13.5. The molecule has 40 heavy (non-hydrogen) atoms. The van der Waals surface area contributed by atoms with Crippen LogP contribution in [0.3, 0.4) is 0 Å². The molecule has 1 saturated heterocycles. The van der Waals surface area contributed by atoms with Crippen molar-refractivity contribution in [2.75, 3.05) is 6.61 Å². The Hall–Kier alpha value is -2.54. The van der Waals surface area contributed by atoms with E-state index in [2.05, 4.69) is 0 Å². The highest BCUT2D eigenvalue weighted by Crippen LogP contribution is 2.65. The Labute approximate surface area is 232 Å². The van der Waals surface area contributed by atoms with Gasteiger partial charge in [0, 0.05) is 57.3 Å². The molecule has 224 valence electrons. The highest BCUT2D eigenvalue weighted by atomic mass is 16.6. The first-order chi connectivity index (χ1) is 18.3. The molecule has 4 rings (SSSR count). The Morgan fingerprint density at radius 1 is 0.875 bits per heavy atom. The van der Waals surface area contributed by atoms with Crippen LogP contribution in [0.15, 0.2) is 11.1 Å². The Balaban J connectivity index is 2.08. The van der Waals surface area contributed by atoms with Crippen LogP contribution in [0.2, 0.25) is 0 Å². The van der Waals surface area contributed by atoms with Crippen molar-refractivity contribution in [3.05, 3.63) is 11.1 Å². The molecule has 0 aromatic heterocycles. The number of aliphatic hydroxyl groups excluding tert-OH is 2. The van der Waals surface area contributed by atoms with E-state index >= 15 is 0 Å². The molecule has 0 aromatic rings. The molecule has 10 atom stereocenters. The lowest BCUT2D eigenvalue weighted by Crippen LogP contribution is -2.76. The first kappa shape index (κ1) is 30.4. The smallest absolute Gasteiger partial charge is 0.303 e. The maximum absolute atomic E-state index is 12.6. The summed E-state index contributed by atoms with van der Waals surface area (Å²) in [6.45, 7) is 11.4. The van der Waals surface area contributed by atoms with E-state index in [0.717, 1.165) is 0 Å². The molecule has 0 unspecified atom stereocenters. The molecule has 2 saturated carbocycles. The van der Waals surface area contributed by atoms with Gasteiger partial charge in [-0.05, 0) is 18.1 Å². The van der Waals surface area contributed by atoms with Gasteiger partial charge in [0.1, 0.15) is 23.4 Å². The molecule has 2 bridgehead atoms. The maximum atomic E-state index is 12.6. The second-order valence-corrected chi connectivity index (χ2v) is 12.4. The van der Waals surface area contributed by atoms with Crippen LogP contribution in [0.5, 0.6) is 0 Å². The summed E-state index contributed by atoms with van der Waals surface area (Å²) in [4.78, 5) is 49.2. The quantitative estimate of drug-likeness (QED) is 0.188. The molecule has 3 aliphatic carbocycles. The number of carbonyl (C=O) groups excluding carboxylic acids is 4. The van der Waals surface area contributed by atoms with Crippen LogP contribution < -0.4 is 0 Å². The number of carbonyl (C=O) groups is 4. The van der Waals surface area contributed by atoms with Crippen LogP contribution in [-0.4, -0.2) is 93.6 Å². The van der Waals surface area contributed by atoms with Crippen LogP contribution >= 0.6 is 0 Å². The van der Waals surface area contributed by atoms with Crippen molar-refractivity contribution < 1.29 is 58.2 Å². The summed E-state index contributed by atoms with van der Waals surface area (Å²) < 4.78 is 28.8. The molecule has 12 heteroatoms. The molecule has 0 radical (unpaired) electrons. The summed E-state index contributed by atoms with van der Waals surface area (Å²) in [5.41, 5.74) is -5.56. The van der Waals surface area contributed by atoms with Crippen LogP contribution in [0.25, 0.3) is 0 Å². The van der Waals surface area contributed by atoms with E-state index in [-0.39, 0.29) is 19.4 Å². The third-order valence-corrected chi connectivity index (χ3v) is 9.71. The van der Waals surface area contributed by atoms with E-state index in [1.165, 1.54) is 27.7 Å². The van der Waals surface area contributed by atoms with Crippen LogP contribution in [0, 0.1) is 16.7 Å². The van der Waals surface area contributed by atoms with Crippen molar-refractivity contribution in [1.29, 1.82) is 0 Å². The molecular weight excluding hydrogens is 528 g/mol. The van der Waals surface area contributed by atoms with E-state index < -0.39 is 88.5 Å². The molecule has 3 N–H and O–H groups in total. The molecule has 3 fully saturated rings. The monoisotopic (exact) mass is 568 g/mol. The second-order valence-electron chi connectivity index (χ2n) is 12.4. The molecule has 1 spiro atoms. The largest absolute Gasteiger partial charge is 0.459 e. The van der Waals surface area contributed by atoms with Gasteiger partial charge < -0.3 is 39.0 Å². The zero-order valence-corrected chi connectivity index (χ0v) is 24.2. The molecule has 1 heterocycles. The predicted molar refractivity (Wildman–Crippen MR) is 135 cm³/mol. The molecular formula is C28H40O12. The number of ether oxygens (including phenoxy) is 5. The fraction of sp³-hybridized carbons (Fsp3) is 0.786. The van der Waals surface area contributed by atoms with Crippen molar-refractivity contribution in [3.8, 4) is 0 Å². The van der Waals surface area contributed by atoms with Gasteiger partial charge in [0.25, 0.3) is 0 Å². The van der Waals surface area contributed by atoms with Crippen LogP contribution in [0.1, 0.15) is 68.2 Å². The van der Waals surface area contributed by atoms with E-state index in [1.54, 1.807) is 27.7 Å². The standard InChI is InChI=1S/C28H40O12/c1-12-17(37-13(2)29)10-28(35)23(34)22-26(8,18(33)9-19(38-14(3)30)27(22)11-36-27)24(40-16(5)32)21(39-15(4)31)20(12)25(28,6)7/h17-19,21-24,33-35H,9-11H2,1-8H3/t17-,18-,19-,21+,22-,23-,24-,26+,27+,28+/m0/s1. The lowest BCUT2D eigenvalue weighted by atomic mass is 9.45. The average Bonchev–Trinajstić information content (AvgIpc) is 3.58. The number of fused-ring (bicyclic) bond motifs is 4. The van der Waals surface area contributed by atoms with Gasteiger partial charge in [-0.25, -0.2) is 0 Å². The maximum Gasteiger partial charge on any atom is 0.303 e. The highest BCUT2D eigenvalue weighted by Gasteiger charge is 2.78. The van der Waals surface area contributed by atoms with Gasteiger partial charge >= 0.3 is 23.9 Å². The van der Waals surface area contributed by atoms with Crippen molar-refractivity contribution in [2.24, 2.45) is 16.7 Å². The normalized spacial score (nSPS) is 43.5. The number of epoxide rings is 1. The number of hydrogen-bond donors (Lipinski definition) is 3. The molecule has 1 aliphatic heterocycles. The topological polar surface area (TPSA) is 178 Å².